The second-order valence-electron chi connectivity index (χ2n) is 4.50. The summed E-state index contributed by atoms with van der Waals surface area (Å²) >= 11 is 0. The first-order valence-electron chi connectivity index (χ1n) is 5.71. The number of likely N-dealkylation sites (N-methyl/N-ethyl adjacent to an activating group) is 1. The van der Waals surface area contributed by atoms with Crippen LogP contribution in [0.4, 0.5) is 0 Å². The topological polar surface area (TPSA) is 29.3 Å². The summed E-state index contributed by atoms with van der Waals surface area (Å²) in [6.07, 6.45) is 0. The maximum atomic E-state index is 5.83. The molecule has 2 heteroatoms. The van der Waals surface area contributed by atoms with Gasteiger partial charge >= 0.3 is 0 Å². The Kier molecular flexibility index (Phi) is 5.23. The average molecular weight is 218 g/mol. The predicted octanol–water partition coefficient (Wildman–Crippen LogP) is 2.24. The fourth-order valence-electron chi connectivity index (χ4n) is 1.94. The van der Waals surface area contributed by atoms with Gasteiger partial charge in [0, 0.05) is 25.6 Å². The maximum Gasteiger partial charge on any atom is 0.0184 e. The first kappa shape index (κ1) is 12.9. The molecule has 88 valence electrons. The van der Waals surface area contributed by atoms with Crippen molar-refractivity contribution in [1.82, 2.24) is 4.90 Å². The molecule has 1 aromatic carbocycles. The van der Waals surface area contributed by atoms with Crippen LogP contribution in [0.2, 0.25) is 0 Å². The molecule has 1 aromatic rings. The third-order valence-corrected chi connectivity index (χ3v) is 2.63. The molecule has 0 aliphatic heterocycles. The van der Waals surface area contributed by atoms with Crippen LogP contribution in [-0.2, 0) is 0 Å². The lowest BCUT2D eigenvalue weighted by Gasteiger charge is -2.23. The van der Waals surface area contributed by atoms with Crippen molar-refractivity contribution in [1.29, 1.82) is 0 Å². The molecule has 0 amide bonds. The lowest BCUT2D eigenvalue weighted by Crippen LogP contribution is -2.29. The molecule has 1 unspecified atom stereocenters. The molecule has 0 heterocycles. The molecule has 0 aromatic heterocycles. The van der Waals surface area contributed by atoms with Gasteiger partial charge in [-0.25, -0.2) is 0 Å². The van der Waals surface area contributed by atoms with E-state index in [-0.39, 0.29) is 0 Å². The second-order valence-corrected chi connectivity index (χ2v) is 4.50. The number of hydrogen-bond acceptors (Lipinski definition) is 2. The summed E-state index contributed by atoms with van der Waals surface area (Å²) in [4.78, 5) is 2.27. The van der Waals surface area contributed by atoms with Gasteiger partial charge in [-0.2, -0.15) is 0 Å². The monoisotopic (exact) mass is 218 g/mol. The van der Waals surface area contributed by atoms with Gasteiger partial charge in [0.25, 0.3) is 0 Å². The first-order chi connectivity index (χ1) is 7.63. The highest BCUT2D eigenvalue weighted by Gasteiger charge is 2.11. The summed E-state index contributed by atoms with van der Waals surface area (Å²) in [6, 6.07) is 10.5. The van der Waals surface area contributed by atoms with Gasteiger partial charge in [-0.05, 0) is 19.5 Å². The summed E-state index contributed by atoms with van der Waals surface area (Å²) in [5.41, 5.74) is 8.34. The summed E-state index contributed by atoms with van der Waals surface area (Å²) in [7, 11) is 2.11. The molecule has 0 spiro atoms. The molecule has 0 aliphatic carbocycles. The van der Waals surface area contributed by atoms with Crippen LogP contribution in [0, 0.1) is 0 Å². The Bertz CT molecular complexity index is 319. The Labute approximate surface area is 98.8 Å². The van der Waals surface area contributed by atoms with Crippen molar-refractivity contribution in [3.05, 3.63) is 48.0 Å². The van der Waals surface area contributed by atoms with Gasteiger partial charge in [0.2, 0.25) is 0 Å². The van der Waals surface area contributed by atoms with Crippen molar-refractivity contribution in [3.8, 4) is 0 Å². The third-order valence-electron chi connectivity index (χ3n) is 2.63. The van der Waals surface area contributed by atoms with Crippen LogP contribution in [0.1, 0.15) is 18.4 Å². The van der Waals surface area contributed by atoms with Crippen LogP contribution < -0.4 is 5.73 Å². The maximum absolute atomic E-state index is 5.83. The van der Waals surface area contributed by atoms with E-state index in [4.69, 9.17) is 5.73 Å². The van der Waals surface area contributed by atoms with E-state index in [2.05, 4.69) is 49.7 Å². The number of nitrogens with zero attached hydrogens (tertiary/aromatic N) is 1. The van der Waals surface area contributed by atoms with Crippen LogP contribution >= 0.6 is 0 Å². The summed E-state index contributed by atoms with van der Waals surface area (Å²) in [5.74, 6) is 0.408. The lowest BCUT2D eigenvalue weighted by atomic mass is 9.99. The van der Waals surface area contributed by atoms with Gasteiger partial charge < -0.3 is 10.6 Å². The minimum Gasteiger partial charge on any atom is -0.330 e. The zero-order chi connectivity index (χ0) is 12.0. The summed E-state index contributed by atoms with van der Waals surface area (Å²) < 4.78 is 0. The van der Waals surface area contributed by atoms with E-state index in [0.29, 0.717) is 12.5 Å². The molecule has 0 saturated carbocycles. The van der Waals surface area contributed by atoms with E-state index in [1.54, 1.807) is 0 Å². The molecular weight excluding hydrogens is 196 g/mol. The Morgan fingerprint density at radius 2 is 2.00 bits per heavy atom. The van der Waals surface area contributed by atoms with Crippen molar-refractivity contribution in [2.75, 3.05) is 26.7 Å². The molecule has 1 rings (SSSR count). The zero-order valence-corrected chi connectivity index (χ0v) is 10.3. The normalized spacial score (nSPS) is 12.8. The molecular formula is C14H22N2. The number of nitrogens with two attached hydrogens (primary N) is 1. The van der Waals surface area contributed by atoms with Crippen LogP contribution in [0.5, 0.6) is 0 Å². The number of hydrogen-bond donors (Lipinski definition) is 1. The second kappa shape index (κ2) is 6.46. The van der Waals surface area contributed by atoms with E-state index in [0.717, 1.165) is 13.1 Å². The van der Waals surface area contributed by atoms with Gasteiger partial charge in [-0.1, -0.05) is 42.5 Å². The van der Waals surface area contributed by atoms with Gasteiger partial charge in [0.05, 0.1) is 0 Å². The zero-order valence-electron chi connectivity index (χ0n) is 10.3. The predicted molar refractivity (Wildman–Crippen MR) is 70.5 cm³/mol. The minimum absolute atomic E-state index is 0.408. The number of rotatable bonds is 6. The Morgan fingerprint density at radius 1 is 1.38 bits per heavy atom. The van der Waals surface area contributed by atoms with Crippen LogP contribution in [0.3, 0.4) is 0 Å². The van der Waals surface area contributed by atoms with Crippen molar-refractivity contribution >= 4 is 0 Å². The Balaban J connectivity index is 2.59. The Hall–Kier alpha value is -1.12. The number of benzene rings is 1. The standard InChI is InChI=1S/C14H22N2/c1-12(2)10-16(3)11-14(9-15)13-7-5-4-6-8-13/h4-8,14H,1,9-11,15H2,2-3H3. The lowest BCUT2D eigenvalue weighted by molar-refractivity contribution is 0.336. The van der Waals surface area contributed by atoms with E-state index in [9.17, 15) is 0 Å². The molecule has 0 saturated heterocycles. The quantitative estimate of drug-likeness (QED) is 0.742. The highest BCUT2D eigenvalue weighted by atomic mass is 15.1. The molecule has 0 aliphatic rings. The summed E-state index contributed by atoms with van der Waals surface area (Å²) in [6.45, 7) is 8.58. The van der Waals surface area contributed by atoms with Crippen molar-refractivity contribution < 1.29 is 0 Å². The highest BCUT2D eigenvalue weighted by Crippen LogP contribution is 2.15. The van der Waals surface area contributed by atoms with Crippen LogP contribution in [-0.4, -0.2) is 31.6 Å². The van der Waals surface area contributed by atoms with Crippen molar-refractivity contribution in [2.24, 2.45) is 5.73 Å². The van der Waals surface area contributed by atoms with Gasteiger partial charge in [-0.3, -0.25) is 0 Å². The van der Waals surface area contributed by atoms with Gasteiger partial charge in [0.1, 0.15) is 0 Å². The molecule has 2 N–H and O–H groups in total. The van der Waals surface area contributed by atoms with E-state index >= 15 is 0 Å². The highest BCUT2D eigenvalue weighted by molar-refractivity contribution is 5.20. The third kappa shape index (κ3) is 4.17. The Morgan fingerprint density at radius 3 is 2.50 bits per heavy atom. The van der Waals surface area contributed by atoms with Gasteiger partial charge in [0.15, 0.2) is 0 Å². The van der Waals surface area contributed by atoms with Crippen LogP contribution in [0.15, 0.2) is 42.5 Å². The molecule has 0 radical (unpaired) electrons. The SMILES string of the molecule is C=C(C)CN(C)CC(CN)c1ccccc1. The fraction of sp³-hybridized carbons (Fsp3) is 0.429. The average Bonchev–Trinajstić information content (AvgIpc) is 2.26. The summed E-state index contributed by atoms with van der Waals surface area (Å²) in [5, 5.41) is 0. The van der Waals surface area contributed by atoms with Crippen molar-refractivity contribution in [3.63, 3.8) is 0 Å². The van der Waals surface area contributed by atoms with E-state index in [1.165, 1.54) is 11.1 Å². The van der Waals surface area contributed by atoms with E-state index < -0.39 is 0 Å². The molecule has 16 heavy (non-hydrogen) atoms. The molecule has 2 nitrogen and oxygen atoms in total. The largest absolute Gasteiger partial charge is 0.330 e. The van der Waals surface area contributed by atoms with Gasteiger partial charge in [-0.15, -0.1) is 0 Å². The smallest absolute Gasteiger partial charge is 0.0184 e. The minimum atomic E-state index is 0.408. The molecule has 1 atom stereocenters. The van der Waals surface area contributed by atoms with E-state index in [1.807, 2.05) is 6.07 Å². The van der Waals surface area contributed by atoms with Crippen LogP contribution in [0.25, 0.3) is 0 Å². The molecule has 0 fully saturated rings. The van der Waals surface area contributed by atoms with Crippen molar-refractivity contribution in [2.45, 2.75) is 12.8 Å². The first-order valence-corrected chi connectivity index (χ1v) is 5.71. The molecule has 0 bridgehead atoms. The fourth-order valence-corrected chi connectivity index (χ4v) is 1.94.